The van der Waals surface area contributed by atoms with E-state index in [9.17, 15) is 9.90 Å². The zero-order chi connectivity index (χ0) is 23.8. The Morgan fingerprint density at radius 3 is 2.50 bits per heavy atom. The van der Waals surface area contributed by atoms with Crippen molar-refractivity contribution in [2.75, 3.05) is 6.61 Å². The maximum atomic E-state index is 13.7. The van der Waals surface area contributed by atoms with Crippen LogP contribution in [-0.2, 0) is 0 Å². The molecular weight excluding hydrogens is 442 g/mol. The van der Waals surface area contributed by atoms with Gasteiger partial charge in [0.2, 0.25) is 0 Å². The normalized spacial score (nSPS) is 14.8. The summed E-state index contributed by atoms with van der Waals surface area (Å²) in [5.74, 6) is 0.532. The maximum Gasteiger partial charge on any atom is 0.256 e. The number of para-hydroxylation sites is 1. The van der Waals surface area contributed by atoms with E-state index in [0.717, 1.165) is 49.7 Å². The lowest BCUT2D eigenvalue weighted by Crippen LogP contribution is -2.42. The molecule has 5 heteroatoms. The van der Waals surface area contributed by atoms with Gasteiger partial charge in [0.15, 0.2) is 6.23 Å². The Bertz CT molecular complexity index is 1030. The highest BCUT2D eigenvalue weighted by Crippen LogP contribution is 2.35. The summed E-state index contributed by atoms with van der Waals surface area (Å²) < 4.78 is 6.06. The summed E-state index contributed by atoms with van der Waals surface area (Å²) in [6.45, 7) is 2.81. The van der Waals surface area contributed by atoms with Gasteiger partial charge in [-0.1, -0.05) is 69.4 Å². The average Bonchev–Trinajstić information content (AvgIpc) is 3.59. The highest BCUT2D eigenvalue weighted by Gasteiger charge is 2.34. The van der Waals surface area contributed by atoms with Crippen molar-refractivity contribution in [2.45, 2.75) is 70.6 Å². The second kappa shape index (κ2) is 12.2. The van der Waals surface area contributed by atoms with Crippen LogP contribution in [-0.4, -0.2) is 28.6 Å². The second-order valence-electron chi connectivity index (χ2n) is 9.06. The predicted octanol–water partition coefficient (Wildman–Crippen LogP) is 7.45. The quantitative estimate of drug-likeness (QED) is 0.230. The van der Waals surface area contributed by atoms with Crippen LogP contribution in [0.1, 0.15) is 80.4 Å². The number of rotatable bonds is 11. The number of thiophene rings is 1. The van der Waals surface area contributed by atoms with E-state index in [2.05, 4.69) is 23.8 Å². The van der Waals surface area contributed by atoms with Crippen molar-refractivity contribution in [3.05, 3.63) is 76.5 Å². The molecule has 2 aromatic carbocycles. The minimum Gasteiger partial charge on any atom is -0.493 e. The number of unbranched alkanes of at least 4 members (excludes halogenated alkanes) is 3. The first-order chi connectivity index (χ1) is 16.7. The minimum atomic E-state index is -1.04. The SMILES string of the molecule is CCCCCCOc1ccccc1C(O)N(C(=O)c1ccc(-c2ccsc2)cc1)C1CCCC1. The summed E-state index contributed by atoms with van der Waals surface area (Å²) in [6, 6.07) is 17.4. The number of hydrogen-bond acceptors (Lipinski definition) is 4. The molecule has 34 heavy (non-hydrogen) atoms. The number of aliphatic hydroxyl groups excluding tert-OH is 1. The lowest BCUT2D eigenvalue weighted by molar-refractivity contribution is -0.0144. The Hall–Kier alpha value is -2.63. The van der Waals surface area contributed by atoms with E-state index in [1.165, 1.54) is 12.8 Å². The molecular formula is C29H35NO3S. The molecule has 0 spiro atoms. The van der Waals surface area contributed by atoms with Crippen LogP contribution in [0, 0.1) is 0 Å². The van der Waals surface area contributed by atoms with Crippen molar-refractivity contribution < 1.29 is 14.6 Å². The molecule has 1 heterocycles. The highest BCUT2D eigenvalue weighted by molar-refractivity contribution is 7.08. The first kappa shape index (κ1) is 24.5. The van der Waals surface area contributed by atoms with E-state index in [1.54, 1.807) is 16.2 Å². The highest BCUT2D eigenvalue weighted by atomic mass is 32.1. The van der Waals surface area contributed by atoms with Crippen molar-refractivity contribution in [1.29, 1.82) is 0 Å². The van der Waals surface area contributed by atoms with Gasteiger partial charge >= 0.3 is 0 Å². The van der Waals surface area contributed by atoms with Crippen LogP contribution in [0.5, 0.6) is 5.75 Å². The van der Waals surface area contributed by atoms with Crippen LogP contribution < -0.4 is 4.74 Å². The molecule has 1 aliphatic rings. The molecule has 1 atom stereocenters. The number of amides is 1. The topological polar surface area (TPSA) is 49.8 Å². The lowest BCUT2D eigenvalue weighted by atomic mass is 10.0. The molecule has 0 aliphatic heterocycles. The first-order valence-electron chi connectivity index (χ1n) is 12.5. The number of ether oxygens (including phenoxy) is 1. The molecule has 3 aromatic rings. The summed E-state index contributed by atoms with van der Waals surface area (Å²) in [5, 5.41) is 15.7. The summed E-state index contributed by atoms with van der Waals surface area (Å²) >= 11 is 1.66. The van der Waals surface area contributed by atoms with Crippen LogP contribution in [0.4, 0.5) is 0 Å². The Kier molecular flexibility index (Phi) is 8.78. The Morgan fingerprint density at radius 1 is 1.03 bits per heavy atom. The monoisotopic (exact) mass is 477 g/mol. The van der Waals surface area contributed by atoms with Gasteiger partial charge < -0.3 is 14.7 Å². The molecule has 1 aromatic heterocycles. The maximum absolute atomic E-state index is 13.7. The van der Waals surface area contributed by atoms with Gasteiger partial charge in [-0.3, -0.25) is 4.79 Å². The van der Waals surface area contributed by atoms with Gasteiger partial charge in [-0.25, -0.2) is 0 Å². The molecule has 180 valence electrons. The fraction of sp³-hybridized carbons (Fsp3) is 0.414. The Balaban J connectivity index is 1.55. The Morgan fingerprint density at radius 2 is 1.79 bits per heavy atom. The van der Waals surface area contributed by atoms with Crippen LogP contribution in [0.2, 0.25) is 0 Å². The smallest absolute Gasteiger partial charge is 0.256 e. The lowest BCUT2D eigenvalue weighted by Gasteiger charge is -2.34. The molecule has 4 nitrogen and oxygen atoms in total. The van der Waals surface area contributed by atoms with E-state index in [-0.39, 0.29) is 11.9 Å². The van der Waals surface area contributed by atoms with E-state index in [4.69, 9.17) is 4.74 Å². The number of benzene rings is 2. The van der Waals surface area contributed by atoms with Crippen LogP contribution in [0.25, 0.3) is 11.1 Å². The molecule has 0 saturated heterocycles. The predicted molar refractivity (Wildman–Crippen MR) is 139 cm³/mol. The number of hydrogen-bond donors (Lipinski definition) is 1. The van der Waals surface area contributed by atoms with E-state index >= 15 is 0 Å². The van der Waals surface area contributed by atoms with Crippen molar-refractivity contribution >= 4 is 17.2 Å². The molecule has 1 fully saturated rings. The van der Waals surface area contributed by atoms with Crippen LogP contribution in [0.3, 0.4) is 0 Å². The van der Waals surface area contributed by atoms with Gasteiger partial charge in [-0.15, -0.1) is 0 Å². The zero-order valence-corrected chi connectivity index (χ0v) is 20.8. The third-order valence-corrected chi connectivity index (χ3v) is 7.34. The van der Waals surface area contributed by atoms with E-state index in [1.807, 2.05) is 48.5 Å². The molecule has 4 rings (SSSR count). The second-order valence-corrected chi connectivity index (χ2v) is 9.84. The van der Waals surface area contributed by atoms with Gasteiger partial charge in [-0.2, -0.15) is 11.3 Å². The molecule has 1 amide bonds. The number of aliphatic hydroxyl groups is 1. The number of carbonyl (C=O) groups excluding carboxylic acids is 1. The van der Waals surface area contributed by atoms with Crippen molar-refractivity contribution in [1.82, 2.24) is 4.90 Å². The van der Waals surface area contributed by atoms with Gasteiger partial charge in [0.1, 0.15) is 5.75 Å². The molecule has 0 bridgehead atoms. The fourth-order valence-electron chi connectivity index (χ4n) is 4.73. The first-order valence-corrected chi connectivity index (χ1v) is 13.5. The summed E-state index contributed by atoms with van der Waals surface area (Å²) in [5.41, 5.74) is 3.50. The summed E-state index contributed by atoms with van der Waals surface area (Å²) in [4.78, 5) is 15.4. The fourth-order valence-corrected chi connectivity index (χ4v) is 5.39. The van der Waals surface area contributed by atoms with Crippen molar-refractivity contribution in [2.24, 2.45) is 0 Å². The number of carbonyl (C=O) groups is 1. The van der Waals surface area contributed by atoms with Gasteiger partial charge in [-0.05, 0) is 65.4 Å². The van der Waals surface area contributed by atoms with Crippen molar-refractivity contribution in [3.63, 3.8) is 0 Å². The summed E-state index contributed by atoms with van der Waals surface area (Å²) in [7, 11) is 0. The van der Waals surface area contributed by atoms with E-state index < -0.39 is 6.23 Å². The minimum absolute atomic E-state index is 0.0247. The molecule has 1 saturated carbocycles. The molecule has 1 aliphatic carbocycles. The molecule has 0 radical (unpaired) electrons. The molecule has 1 unspecified atom stereocenters. The third kappa shape index (κ3) is 5.89. The van der Waals surface area contributed by atoms with Gasteiger partial charge in [0.25, 0.3) is 5.91 Å². The Labute approximate surface area is 207 Å². The van der Waals surface area contributed by atoms with E-state index in [0.29, 0.717) is 23.5 Å². The van der Waals surface area contributed by atoms with Gasteiger partial charge in [0, 0.05) is 17.2 Å². The number of nitrogens with zero attached hydrogens (tertiary/aromatic N) is 1. The largest absolute Gasteiger partial charge is 0.493 e. The standard InChI is InChI=1S/C29H35NO3S/c1-2-3-4-9-19-33-27-13-8-7-12-26(27)29(32)30(25-10-5-6-11-25)28(31)23-16-14-22(15-17-23)24-18-20-34-21-24/h7-8,12-18,20-21,25,29,32H,2-6,9-11,19H2,1H3. The van der Waals surface area contributed by atoms with Gasteiger partial charge in [0.05, 0.1) is 6.61 Å². The van der Waals surface area contributed by atoms with Crippen LogP contribution in [0.15, 0.2) is 65.4 Å². The van der Waals surface area contributed by atoms with Crippen molar-refractivity contribution in [3.8, 4) is 16.9 Å². The zero-order valence-electron chi connectivity index (χ0n) is 20.0. The van der Waals surface area contributed by atoms with Crippen LogP contribution >= 0.6 is 11.3 Å². The molecule has 1 N–H and O–H groups in total. The third-order valence-electron chi connectivity index (χ3n) is 6.66. The average molecular weight is 478 g/mol. The summed E-state index contributed by atoms with van der Waals surface area (Å²) in [6.07, 6.45) is 7.44.